The first-order valence-corrected chi connectivity index (χ1v) is 7.87. The number of nitrogens with one attached hydrogen (secondary N) is 1. The van der Waals surface area contributed by atoms with Crippen molar-refractivity contribution >= 4 is 5.91 Å². The van der Waals surface area contributed by atoms with E-state index in [0.717, 1.165) is 44.5 Å². The number of benzene rings is 1. The van der Waals surface area contributed by atoms with Crippen LogP contribution in [0.4, 0.5) is 0 Å². The molecular formula is C17H24N2O2. The molecule has 0 unspecified atom stereocenters. The van der Waals surface area contributed by atoms with Gasteiger partial charge in [-0.2, -0.15) is 0 Å². The Kier molecular flexibility index (Phi) is 4.15. The van der Waals surface area contributed by atoms with Crippen LogP contribution < -0.4 is 10.1 Å². The normalized spacial score (nSPS) is 20.3. The van der Waals surface area contributed by atoms with Crippen molar-refractivity contribution in [2.75, 3.05) is 20.2 Å². The number of methoxy groups -OCH3 is 1. The standard InChI is InChI=1S/C17H24N2O2/c1-12(17(20)18-15-4-5-15)19-9-7-13-3-6-16(21-2)11-14(13)8-10-19/h3,6,11-12,15H,4-5,7-10H2,1-2H3,(H,18,20)/t12-/m0/s1. The van der Waals surface area contributed by atoms with Crippen molar-refractivity contribution in [3.63, 3.8) is 0 Å². The molecule has 0 aromatic heterocycles. The highest BCUT2D eigenvalue weighted by Crippen LogP contribution is 2.23. The molecule has 3 rings (SSSR count). The number of hydrogen-bond acceptors (Lipinski definition) is 3. The van der Waals surface area contributed by atoms with Gasteiger partial charge in [0.25, 0.3) is 0 Å². The van der Waals surface area contributed by atoms with Gasteiger partial charge in [-0.05, 0) is 55.9 Å². The van der Waals surface area contributed by atoms with E-state index in [9.17, 15) is 4.79 Å². The third kappa shape index (κ3) is 3.38. The topological polar surface area (TPSA) is 41.6 Å². The Morgan fingerprint density at radius 3 is 2.67 bits per heavy atom. The highest BCUT2D eigenvalue weighted by Gasteiger charge is 2.29. The maximum atomic E-state index is 12.2. The number of amides is 1. The van der Waals surface area contributed by atoms with Gasteiger partial charge in [-0.25, -0.2) is 0 Å². The van der Waals surface area contributed by atoms with Crippen LogP contribution in [0.25, 0.3) is 0 Å². The minimum absolute atomic E-state index is 0.0400. The van der Waals surface area contributed by atoms with Crippen LogP contribution in [0.15, 0.2) is 18.2 Å². The summed E-state index contributed by atoms with van der Waals surface area (Å²) in [7, 11) is 1.70. The maximum Gasteiger partial charge on any atom is 0.237 e. The van der Waals surface area contributed by atoms with Crippen LogP contribution in [0, 0.1) is 0 Å². The Bertz CT molecular complexity index is 526. The van der Waals surface area contributed by atoms with Crippen molar-refractivity contribution < 1.29 is 9.53 Å². The molecule has 4 nitrogen and oxygen atoms in total. The average Bonchev–Trinajstić information content (AvgIpc) is 3.32. The van der Waals surface area contributed by atoms with Gasteiger partial charge < -0.3 is 10.1 Å². The second-order valence-corrected chi connectivity index (χ2v) is 6.13. The van der Waals surface area contributed by atoms with Gasteiger partial charge in [0.1, 0.15) is 5.75 Å². The number of rotatable bonds is 4. The minimum Gasteiger partial charge on any atom is -0.497 e. The molecule has 1 aromatic carbocycles. The van der Waals surface area contributed by atoms with Gasteiger partial charge in [0, 0.05) is 19.1 Å². The van der Waals surface area contributed by atoms with E-state index in [-0.39, 0.29) is 11.9 Å². The zero-order valence-corrected chi connectivity index (χ0v) is 12.9. The third-order valence-corrected chi connectivity index (χ3v) is 4.60. The van der Waals surface area contributed by atoms with E-state index in [1.54, 1.807) is 7.11 Å². The number of nitrogens with zero attached hydrogens (tertiary/aromatic N) is 1. The van der Waals surface area contributed by atoms with Gasteiger partial charge >= 0.3 is 0 Å². The lowest BCUT2D eigenvalue weighted by Crippen LogP contribution is -2.46. The highest BCUT2D eigenvalue weighted by atomic mass is 16.5. The Hall–Kier alpha value is -1.55. The first-order valence-electron chi connectivity index (χ1n) is 7.87. The number of hydrogen-bond donors (Lipinski definition) is 1. The molecule has 1 saturated carbocycles. The monoisotopic (exact) mass is 288 g/mol. The molecule has 0 radical (unpaired) electrons. The lowest BCUT2D eigenvalue weighted by atomic mass is 10.0. The number of carbonyl (C=O) groups excluding carboxylic acids is 1. The molecule has 0 spiro atoms. The molecule has 1 amide bonds. The molecule has 4 heteroatoms. The summed E-state index contributed by atoms with van der Waals surface area (Å²) >= 11 is 0. The number of fused-ring (bicyclic) bond motifs is 1. The first-order chi connectivity index (χ1) is 10.2. The van der Waals surface area contributed by atoms with E-state index >= 15 is 0 Å². The van der Waals surface area contributed by atoms with Crippen LogP contribution in [-0.2, 0) is 17.6 Å². The summed E-state index contributed by atoms with van der Waals surface area (Å²) in [4.78, 5) is 14.5. The quantitative estimate of drug-likeness (QED) is 0.918. The highest BCUT2D eigenvalue weighted by molar-refractivity contribution is 5.81. The molecule has 1 atom stereocenters. The molecular weight excluding hydrogens is 264 g/mol. The van der Waals surface area contributed by atoms with Gasteiger partial charge in [0.05, 0.1) is 13.2 Å². The van der Waals surface area contributed by atoms with E-state index in [4.69, 9.17) is 4.74 Å². The van der Waals surface area contributed by atoms with Crippen LogP contribution in [0.1, 0.15) is 30.9 Å². The van der Waals surface area contributed by atoms with E-state index in [1.807, 2.05) is 13.0 Å². The lowest BCUT2D eigenvalue weighted by Gasteiger charge is -2.26. The number of carbonyl (C=O) groups is 1. The second-order valence-electron chi connectivity index (χ2n) is 6.13. The van der Waals surface area contributed by atoms with Crippen molar-refractivity contribution in [3.05, 3.63) is 29.3 Å². The van der Waals surface area contributed by atoms with Crippen LogP contribution in [0.3, 0.4) is 0 Å². The zero-order valence-electron chi connectivity index (χ0n) is 12.9. The molecule has 0 saturated heterocycles. The molecule has 1 fully saturated rings. The fraction of sp³-hybridized carbons (Fsp3) is 0.588. The van der Waals surface area contributed by atoms with Gasteiger partial charge in [-0.1, -0.05) is 6.07 Å². The summed E-state index contributed by atoms with van der Waals surface area (Å²) in [5.74, 6) is 1.10. The Morgan fingerprint density at radius 1 is 1.29 bits per heavy atom. The Balaban J connectivity index is 1.64. The lowest BCUT2D eigenvalue weighted by molar-refractivity contribution is -0.126. The molecule has 1 N–H and O–H groups in total. The maximum absolute atomic E-state index is 12.2. The van der Waals surface area contributed by atoms with Crippen molar-refractivity contribution in [2.24, 2.45) is 0 Å². The Morgan fingerprint density at radius 2 is 2.00 bits per heavy atom. The SMILES string of the molecule is COc1ccc2c(c1)CCN([C@@H](C)C(=O)NC1CC1)CC2. The molecule has 21 heavy (non-hydrogen) atoms. The molecule has 1 aliphatic carbocycles. The summed E-state index contributed by atoms with van der Waals surface area (Å²) in [5.41, 5.74) is 2.74. The van der Waals surface area contributed by atoms with E-state index < -0.39 is 0 Å². The summed E-state index contributed by atoms with van der Waals surface area (Å²) in [5, 5.41) is 3.11. The average molecular weight is 288 g/mol. The van der Waals surface area contributed by atoms with E-state index in [0.29, 0.717) is 6.04 Å². The summed E-state index contributed by atoms with van der Waals surface area (Å²) in [6.45, 7) is 3.90. The van der Waals surface area contributed by atoms with Crippen molar-refractivity contribution in [1.29, 1.82) is 0 Å². The molecule has 1 aliphatic heterocycles. The smallest absolute Gasteiger partial charge is 0.237 e. The van der Waals surface area contributed by atoms with E-state index in [1.165, 1.54) is 11.1 Å². The third-order valence-electron chi connectivity index (χ3n) is 4.60. The van der Waals surface area contributed by atoms with Crippen LogP contribution in [0.5, 0.6) is 5.75 Å². The first kappa shape index (κ1) is 14.4. The summed E-state index contributed by atoms with van der Waals surface area (Å²) < 4.78 is 5.31. The van der Waals surface area contributed by atoms with Crippen molar-refractivity contribution in [2.45, 2.75) is 44.7 Å². The predicted molar refractivity (Wildman–Crippen MR) is 82.6 cm³/mol. The summed E-state index contributed by atoms with van der Waals surface area (Å²) in [6.07, 6.45) is 4.27. The fourth-order valence-electron chi connectivity index (χ4n) is 2.95. The van der Waals surface area contributed by atoms with Crippen molar-refractivity contribution in [3.8, 4) is 5.75 Å². The fourth-order valence-corrected chi connectivity index (χ4v) is 2.95. The molecule has 1 aromatic rings. The molecule has 0 bridgehead atoms. The molecule has 2 aliphatic rings. The van der Waals surface area contributed by atoms with Crippen LogP contribution in [0.2, 0.25) is 0 Å². The van der Waals surface area contributed by atoms with Gasteiger partial charge in [0.15, 0.2) is 0 Å². The molecule has 1 heterocycles. The molecule has 114 valence electrons. The summed E-state index contributed by atoms with van der Waals surface area (Å²) in [6, 6.07) is 6.72. The van der Waals surface area contributed by atoms with Gasteiger partial charge in [0.2, 0.25) is 5.91 Å². The Labute approximate surface area is 126 Å². The van der Waals surface area contributed by atoms with Gasteiger partial charge in [-0.3, -0.25) is 9.69 Å². The van der Waals surface area contributed by atoms with Crippen LogP contribution in [-0.4, -0.2) is 43.1 Å². The predicted octanol–water partition coefficient (Wildman–Crippen LogP) is 1.76. The minimum atomic E-state index is -0.0400. The van der Waals surface area contributed by atoms with Crippen LogP contribution >= 0.6 is 0 Å². The van der Waals surface area contributed by atoms with E-state index in [2.05, 4.69) is 22.3 Å². The van der Waals surface area contributed by atoms with Crippen molar-refractivity contribution in [1.82, 2.24) is 10.2 Å². The second kappa shape index (κ2) is 6.06. The van der Waals surface area contributed by atoms with Gasteiger partial charge in [-0.15, -0.1) is 0 Å². The number of ether oxygens (including phenoxy) is 1. The zero-order chi connectivity index (χ0) is 14.8. The largest absolute Gasteiger partial charge is 0.497 e.